The lowest BCUT2D eigenvalue weighted by Gasteiger charge is -2.21. The van der Waals surface area contributed by atoms with Gasteiger partial charge in [-0.05, 0) is 25.5 Å². The van der Waals surface area contributed by atoms with E-state index in [0.29, 0.717) is 6.54 Å². The summed E-state index contributed by atoms with van der Waals surface area (Å²) in [6.07, 6.45) is 5.70. The molecule has 2 rings (SSSR count). The third-order valence-electron chi connectivity index (χ3n) is 3.37. The number of rotatable bonds is 5. The molecule has 0 bridgehead atoms. The maximum absolute atomic E-state index is 4.69. The zero-order valence-electron chi connectivity index (χ0n) is 14.2. The van der Waals surface area contributed by atoms with Gasteiger partial charge in [-0.2, -0.15) is 5.10 Å². The van der Waals surface area contributed by atoms with Gasteiger partial charge in [0, 0.05) is 45.1 Å². The molecule has 0 unspecified atom stereocenters. The first-order valence-electron chi connectivity index (χ1n) is 7.47. The van der Waals surface area contributed by atoms with E-state index in [1.165, 1.54) is 0 Å². The second-order valence-electron chi connectivity index (χ2n) is 5.32. The first kappa shape index (κ1) is 19.4. The average molecular weight is 428 g/mol. The SMILES string of the molecule is CCNC(=NCc1ncccc1C)N(C)Cc1cnn(C)c1.I. The summed E-state index contributed by atoms with van der Waals surface area (Å²) in [7, 11) is 3.95. The summed E-state index contributed by atoms with van der Waals surface area (Å²) in [4.78, 5) is 11.2. The van der Waals surface area contributed by atoms with Crippen LogP contribution < -0.4 is 5.32 Å². The first-order chi connectivity index (χ1) is 10.6. The first-order valence-corrected chi connectivity index (χ1v) is 7.47. The van der Waals surface area contributed by atoms with E-state index in [0.717, 1.165) is 35.9 Å². The van der Waals surface area contributed by atoms with E-state index in [1.54, 1.807) is 0 Å². The highest BCUT2D eigenvalue weighted by molar-refractivity contribution is 14.0. The van der Waals surface area contributed by atoms with E-state index < -0.39 is 0 Å². The summed E-state index contributed by atoms with van der Waals surface area (Å²) in [5.41, 5.74) is 3.33. The Kier molecular flexibility index (Phi) is 8.01. The second kappa shape index (κ2) is 9.49. The van der Waals surface area contributed by atoms with Gasteiger partial charge >= 0.3 is 0 Å². The fourth-order valence-electron chi connectivity index (χ4n) is 2.21. The van der Waals surface area contributed by atoms with Gasteiger partial charge in [-0.25, -0.2) is 4.99 Å². The highest BCUT2D eigenvalue weighted by atomic mass is 127. The van der Waals surface area contributed by atoms with Crippen LogP contribution in [0.3, 0.4) is 0 Å². The van der Waals surface area contributed by atoms with E-state index in [2.05, 4.69) is 45.2 Å². The van der Waals surface area contributed by atoms with Crippen LogP contribution in [-0.2, 0) is 20.1 Å². The van der Waals surface area contributed by atoms with Crippen LogP contribution in [0.2, 0.25) is 0 Å². The number of aromatic nitrogens is 3. The molecular formula is C16H25IN6. The standard InChI is InChI=1S/C16H24N6.HI/c1-5-17-16(19-10-15-13(2)7-6-8-18-15)21(3)11-14-9-20-22(4)12-14;/h6-9,12H,5,10-11H2,1-4H3,(H,17,19);1H. The van der Waals surface area contributed by atoms with Gasteiger partial charge in [0.1, 0.15) is 0 Å². The van der Waals surface area contributed by atoms with Crippen molar-refractivity contribution in [1.29, 1.82) is 0 Å². The average Bonchev–Trinajstić information content (AvgIpc) is 2.90. The van der Waals surface area contributed by atoms with E-state index in [4.69, 9.17) is 0 Å². The van der Waals surface area contributed by atoms with Crippen LogP contribution in [0.1, 0.15) is 23.7 Å². The van der Waals surface area contributed by atoms with Crippen LogP contribution in [-0.4, -0.2) is 39.2 Å². The Morgan fingerprint density at radius 2 is 2.22 bits per heavy atom. The maximum Gasteiger partial charge on any atom is 0.194 e. The molecule has 0 aliphatic rings. The molecule has 2 aromatic rings. The van der Waals surface area contributed by atoms with Gasteiger partial charge in [-0.3, -0.25) is 9.67 Å². The number of nitrogens with zero attached hydrogens (tertiary/aromatic N) is 5. The normalized spacial score (nSPS) is 11.0. The van der Waals surface area contributed by atoms with Gasteiger partial charge in [0.2, 0.25) is 0 Å². The van der Waals surface area contributed by atoms with Gasteiger partial charge in [0.15, 0.2) is 5.96 Å². The molecule has 2 heterocycles. The quantitative estimate of drug-likeness (QED) is 0.451. The summed E-state index contributed by atoms with van der Waals surface area (Å²) in [5.74, 6) is 0.872. The van der Waals surface area contributed by atoms with Crippen LogP contribution in [0.4, 0.5) is 0 Å². The lowest BCUT2D eigenvalue weighted by Crippen LogP contribution is -2.38. The van der Waals surface area contributed by atoms with Crippen LogP contribution in [0.15, 0.2) is 35.7 Å². The topological polar surface area (TPSA) is 58.3 Å². The number of hydrogen-bond donors (Lipinski definition) is 1. The van der Waals surface area contributed by atoms with Gasteiger partial charge in [-0.1, -0.05) is 6.07 Å². The summed E-state index contributed by atoms with van der Waals surface area (Å²) >= 11 is 0. The predicted octanol–water partition coefficient (Wildman–Crippen LogP) is 2.34. The molecule has 126 valence electrons. The van der Waals surface area contributed by atoms with Crippen molar-refractivity contribution in [3.05, 3.63) is 47.5 Å². The Hall–Kier alpha value is -1.64. The Bertz CT molecular complexity index is 637. The zero-order valence-corrected chi connectivity index (χ0v) is 16.5. The molecule has 0 aliphatic heterocycles. The molecule has 0 amide bonds. The number of guanidine groups is 1. The third-order valence-corrected chi connectivity index (χ3v) is 3.37. The molecule has 0 spiro atoms. The van der Waals surface area contributed by atoms with E-state index >= 15 is 0 Å². The van der Waals surface area contributed by atoms with Crippen LogP contribution in [0.25, 0.3) is 0 Å². The largest absolute Gasteiger partial charge is 0.357 e. The molecular weight excluding hydrogens is 403 g/mol. The van der Waals surface area contributed by atoms with Crippen molar-refractivity contribution >= 4 is 29.9 Å². The molecule has 0 radical (unpaired) electrons. The number of aliphatic imine (C=N–C) groups is 1. The lowest BCUT2D eigenvalue weighted by molar-refractivity contribution is 0.476. The van der Waals surface area contributed by atoms with E-state index in [9.17, 15) is 0 Å². The van der Waals surface area contributed by atoms with E-state index in [-0.39, 0.29) is 24.0 Å². The minimum absolute atomic E-state index is 0. The molecule has 1 N–H and O–H groups in total. The number of nitrogens with one attached hydrogen (secondary N) is 1. The number of aryl methyl sites for hydroxylation is 2. The smallest absolute Gasteiger partial charge is 0.194 e. The number of pyridine rings is 1. The van der Waals surface area contributed by atoms with Crippen molar-refractivity contribution in [3.63, 3.8) is 0 Å². The number of hydrogen-bond acceptors (Lipinski definition) is 3. The molecule has 0 saturated carbocycles. The van der Waals surface area contributed by atoms with Crippen molar-refractivity contribution in [2.75, 3.05) is 13.6 Å². The van der Waals surface area contributed by atoms with Crippen molar-refractivity contribution in [2.45, 2.75) is 26.9 Å². The fraction of sp³-hybridized carbons (Fsp3) is 0.438. The van der Waals surface area contributed by atoms with Gasteiger partial charge in [0.05, 0.1) is 18.4 Å². The van der Waals surface area contributed by atoms with Crippen LogP contribution in [0.5, 0.6) is 0 Å². The number of halogens is 1. The van der Waals surface area contributed by atoms with Crippen molar-refractivity contribution in [2.24, 2.45) is 12.0 Å². The maximum atomic E-state index is 4.69. The van der Waals surface area contributed by atoms with Crippen LogP contribution >= 0.6 is 24.0 Å². The van der Waals surface area contributed by atoms with Crippen molar-refractivity contribution in [1.82, 2.24) is 25.0 Å². The Labute approximate surface area is 155 Å². The van der Waals surface area contributed by atoms with Gasteiger partial charge in [-0.15, -0.1) is 24.0 Å². The van der Waals surface area contributed by atoms with Gasteiger partial charge < -0.3 is 10.2 Å². The molecule has 2 aromatic heterocycles. The predicted molar refractivity (Wildman–Crippen MR) is 104 cm³/mol. The molecule has 0 saturated heterocycles. The molecule has 0 aliphatic carbocycles. The monoisotopic (exact) mass is 428 g/mol. The molecule has 0 aromatic carbocycles. The zero-order chi connectivity index (χ0) is 15.9. The van der Waals surface area contributed by atoms with Crippen molar-refractivity contribution < 1.29 is 0 Å². The molecule has 7 heteroatoms. The van der Waals surface area contributed by atoms with E-state index in [1.807, 2.05) is 43.4 Å². The summed E-state index contributed by atoms with van der Waals surface area (Å²) in [6.45, 7) is 6.30. The molecule has 0 fully saturated rings. The Morgan fingerprint density at radius 1 is 1.43 bits per heavy atom. The Morgan fingerprint density at radius 3 is 2.83 bits per heavy atom. The molecule has 0 atom stereocenters. The summed E-state index contributed by atoms with van der Waals surface area (Å²) in [5, 5.41) is 7.52. The lowest BCUT2D eigenvalue weighted by atomic mass is 10.2. The Balaban J connectivity index is 0.00000264. The highest BCUT2D eigenvalue weighted by Crippen LogP contribution is 2.06. The minimum atomic E-state index is 0. The fourth-order valence-corrected chi connectivity index (χ4v) is 2.21. The van der Waals surface area contributed by atoms with Crippen molar-refractivity contribution in [3.8, 4) is 0 Å². The second-order valence-corrected chi connectivity index (χ2v) is 5.32. The highest BCUT2D eigenvalue weighted by Gasteiger charge is 2.08. The summed E-state index contributed by atoms with van der Waals surface area (Å²) in [6, 6.07) is 4.01. The minimum Gasteiger partial charge on any atom is -0.357 e. The summed E-state index contributed by atoms with van der Waals surface area (Å²) < 4.78 is 1.81. The van der Waals surface area contributed by atoms with Gasteiger partial charge in [0.25, 0.3) is 0 Å². The van der Waals surface area contributed by atoms with Crippen LogP contribution in [0, 0.1) is 6.92 Å². The molecule has 6 nitrogen and oxygen atoms in total. The molecule has 23 heavy (non-hydrogen) atoms. The third kappa shape index (κ3) is 5.81.